The molecule has 128 valence electrons. The zero-order valence-electron chi connectivity index (χ0n) is 13.5. The van der Waals surface area contributed by atoms with E-state index in [1.165, 1.54) is 7.11 Å². The normalized spacial score (nSPS) is 20.0. The SMILES string of the molecule is COC(=O)c1cc(OC2CC2)c2nc(CCl)n(CC3CCO3)c2c1. The van der Waals surface area contributed by atoms with Gasteiger partial charge < -0.3 is 18.8 Å². The van der Waals surface area contributed by atoms with E-state index in [1.807, 2.05) is 4.57 Å². The van der Waals surface area contributed by atoms with Crippen molar-refractivity contribution in [1.29, 1.82) is 0 Å². The van der Waals surface area contributed by atoms with E-state index in [4.69, 9.17) is 25.8 Å². The van der Waals surface area contributed by atoms with Gasteiger partial charge in [0.15, 0.2) is 0 Å². The fraction of sp³-hybridized carbons (Fsp3) is 0.529. The number of hydrogen-bond acceptors (Lipinski definition) is 5. The van der Waals surface area contributed by atoms with Gasteiger partial charge in [-0.3, -0.25) is 0 Å². The molecule has 2 aliphatic rings. The van der Waals surface area contributed by atoms with E-state index in [1.54, 1.807) is 12.1 Å². The molecule has 1 saturated carbocycles. The summed E-state index contributed by atoms with van der Waals surface area (Å²) in [5.41, 5.74) is 2.03. The predicted octanol–water partition coefficient (Wildman–Crippen LogP) is 2.89. The van der Waals surface area contributed by atoms with Gasteiger partial charge in [0.2, 0.25) is 0 Å². The van der Waals surface area contributed by atoms with Gasteiger partial charge in [-0.05, 0) is 31.4 Å². The van der Waals surface area contributed by atoms with Crippen LogP contribution in [0.3, 0.4) is 0 Å². The summed E-state index contributed by atoms with van der Waals surface area (Å²) in [6, 6.07) is 3.50. The molecular weight excluding hydrogens is 332 g/mol. The topological polar surface area (TPSA) is 62.6 Å². The maximum absolute atomic E-state index is 12.0. The van der Waals surface area contributed by atoms with Crippen molar-refractivity contribution in [2.45, 2.75) is 43.9 Å². The lowest BCUT2D eigenvalue weighted by atomic mass is 10.1. The van der Waals surface area contributed by atoms with Crippen LogP contribution in [0.4, 0.5) is 0 Å². The van der Waals surface area contributed by atoms with Crippen molar-refractivity contribution in [3.8, 4) is 5.75 Å². The molecule has 0 N–H and O–H groups in total. The van der Waals surface area contributed by atoms with Crippen LogP contribution in [0.15, 0.2) is 12.1 Å². The first-order valence-electron chi connectivity index (χ1n) is 8.15. The molecule has 0 bridgehead atoms. The summed E-state index contributed by atoms with van der Waals surface area (Å²) < 4.78 is 18.4. The van der Waals surface area contributed by atoms with Gasteiger partial charge in [0, 0.05) is 6.61 Å². The number of halogens is 1. The molecule has 1 atom stereocenters. The number of rotatable bonds is 6. The first-order chi connectivity index (χ1) is 11.7. The van der Waals surface area contributed by atoms with Gasteiger partial charge in [0.25, 0.3) is 0 Å². The molecular formula is C17H19ClN2O4. The zero-order chi connectivity index (χ0) is 16.7. The molecule has 24 heavy (non-hydrogen) atoms. The molecule has 0 spiro atoms. The Morgan fingerprint density at radius 1 is 1.42 bits per heavy atom. The lowest BCUT2D eigenvalue weighted by Gasteiger charge is -2.27. The van der Waals surface area contributed by atoms with Crippen LogP contribution in [0.25, 0.3) is 11.0 Å². The summed E-state index contributed by atoms with van der Waals surface area (Å²) in [4.78, 5) is 16.7. The molecule has 1 saturated heterocycles. The van der Waals surface area contributed by atoms with E-state index in [2.05, 4.69) is 4.98 Å². The molecule has 0 radical (unpaired) electrons. The number of aromatic nitrogens is 2. The summed E-state index contributed by atoms with van der Waals surface area (Å²) >= 11 is 6.09. The number of imidazole rings is 1. The fourth-order valence-corrected chi connectivity index (χ4v) is 3.07. The highest BCUT2D eigenvalue weighted by Crippen LogP contribution is 2.34. The van der Waals surface area contributed by atoms with Crippen molar-refractivity contribution < 1.29 is 19.0 Å². The van der Waals surface area contributed by atoms with E-state index < -0.39 is 5.97 Å². The fourth-order valence-electron chi connectivity index (χ4n) is 2.87. The summed E-state index contributed by atoms with van der Waals surface area (Å²) in [5.74, 6) is 1.27. The average Bonchev–Trinajstić information content (AvgIpc) is 3.29. The second-order valence-corrected chi connectivity index (χ2v) is 6.47. The van der Waals surface area contributed by atoms with Crippen LogP contribution in [0.1, 0.15) is 35.4 Å². The Labute approximate surface area is 144 Å². The zero-order valence-corrected chi connectivity index (χ0v) is 14.2. The third-order valence-corrected chi connectivity index (χ3v) is 4.68. The Hall–Kier alpha value is -1.79. The van der Waals surface area contributed by atoms with Crippen molar-refractivity contribution >= 4 is 28.6 Å². The van der Waals surface area contributed by atoms with E-state index in [0.717, 1.165) is 42.7 Å². The third-order valence-electron chi connectivity index (χ3n) is 4.44. The molecule has 2 heterocycles. The Kier molecular flexibility index (Phi) is 4.10. The number of esters is 1. The maximum atomic E-state index is 12.0. The van der Waals surface area contributed by atoms with E-state index in [9.17, 15) is 4.79 Å². The molecule has 1 aromatic heterocycles. The number of fused-ring (bicyclic) bond motifs is 1. The highest BCUT2D eigenvalue weighted by atomic mass is 35.5. The van der Waals surface area contributed by atoms with Crippen LogP contribution in [0.5, 0.6) is 5.75 Å². The summed E-state index contributed by atoms with van der Waals surface area (Å²) in [6.45, 7) is 1.46. The van der Waals surface area contributed by atoms with Crippen LogP contribution in [-0.4, -0.2) is 41.4 Å². The second kappa shape index (κ2) is 6.26. The van der Waals surface area contributed by atoms with Crippen molar-refractivity contribution in [2.24, 2.45) is 0 Å². The number of benzene rings is 1. The maximum Gasteiger partial charge on any atom is 0.338 e. The van der Waals surface area contributed by atoms with Gasteiger partial charge in [-0.25, -0.2) is 9.78 Å². The van der Waals surface area contributed by atoms with Crippen LogP contribution in [0, 0.1) is 0 Å². The Morgan fingerprint density at radius 2 is 2.21 bits per heavy atom. The van der Waals surface area contributed by atoms with Gasteiger partial charge >= 0.3 is 5.97 Å². The number of hydrogen-bond donors (Lipinski definition) is 0. The lowest BCUT2D eigenvalue weighted by molar-refractivity contribution is -0.0589. The van der Waals surface area contributed by atoms with Crippen molar-refractivity contribution in [1.82, 2.24) is 9.55 Å². The van der Waals surface area contributed by atoms with Crippen LogP contribution in [0.2, 0.25) is 0 Å². The third kappa shape index (κ3) is 2.84. The van der Waals surface area contributed by atoms with Gasteiger partial charge in [-0.2, -0.15) is 0 Å². The Morgan fingerprint density at radius 3 is 2.79 bits per heavy atom. The lowest BCUT2D eigenvalue weighted by Crippen LogP contribution is -2.31. The van der Waals surface area contributed by atoms with E-state index in [-0.39, 0.29) is 18.1 Å². The van der Waals surface area contributed by atoms with Crippen molar-refractivity contribution in [3.63, 3.8) is 0 Å². The largest absolute Gasteiger partial charge is 0.488 e. The first-order valence-corrected chi connectivity index (χ1v) is 8.68. The number of alkyl halides is 1. The summed E-state index contributed by atoms with van der Waals surface area (Å²) in [5, 5.41) is 0. The number of ether oxygens (including phenoxy) is 3. The highest BCUT2D eigenvalue weighted by molar-refractivity contribution is 6.17. The van der Waals surface area contributed by atoms with Crippen LogP contribution >= 0.6 is 11.6 Å². The summed E-state index contributed by atoms with van der Waals surface area (Å²) in [7, 11) is 1.37. The van der Waals surface area contributed by atoms with Crippen molar-refractivity contribution in [3.05, 3.63) is 23.5 Å². The molecule has 4 rings (SSSR count). The molecule has 2 aromatic rings. The Bertz CT molecular complexity index is 780. The monoisotopic (exact) mass is 350 g/mol. The standard InChI is InChI=1S/C17H19ClN2O4/c1-22-17(21)10-6-13-16(14(7-10)24-11-2-3-11)19-15(8-18)20(13)9-12-4-5-23-12/h6-7,11-12H,2-5,8-9H2,1H3. The van der Waals surface area contributed by atoms with Gasteiger partial charge in [0.05, 0.1) is 42.8 Å². The van der Waals surface area contributed by atoms with Crippen LogP contribution < -0.4 is 4.74 Å². The predicted molar refractivity (Wildman–Crippen MR) is 88.6 cm³/mol. The second-order valence-electron chi connectivity index (χ2n) is 6.20. The minimum Gasteiger partial charge on any atom is -0.488 e. The highest BCUT2D eigenvalue weighted by Gasteiger charge is 2.28. The average molecular weight is 351 g/mol. The molecule has 1 aromatic carbocycles. The van der Waals surface area contributed by atoms with Gasteiger partial charge in [-0.15, -0.1) is 11.6 Å². The van der Waals surface area contributed by atoms with Crippen LogP contribution in [-0.2, 0) is 21.9 Å². The molecule has 6 nitrogen and oxygen atoms in total. The molecule has 7 heteroatoms. The molecule has 0 amide bonds. The molecule has 1 unspecified atom stereocenters. The molecule has 1 aliphatic heterocycles. The molecule has 2 fully saturated rings. The van der Waals surface area contributed by atoms with E-state index in [0.29, 0.717) is 17.9 Å². The number of carbonyl (C=O) groups excluding carboxylic acids is 1. The first kappa shape index (κ1) is 15.7. The summed E-state index contributed by atoms with van der Waals surface area (Å²) in [6.07, 6.45) is 3.45. The molecule has 1 aliphatic carbocycles. The Balaban J connectivity index is 1.83. The quantitative estimate of drug-likeness (QED) is 0.592. The van der Waals surface area contributed by atoms with Gasteiger partial charge in [0.1, 0.15) is 17.1 Å². The number of nitrogens with zero attached hydrogens (tertiary/aromatic N) is 2. The minimum atomic E-state index is -0.391. The van der Waals surface area contributed by atoms with E-state index >= 15 is 0 Å². The van der Waals surface area contributed by atoms with Gasteiger partial charge in [-0.1, -0.05) is 0 Å². The number of carbonyl (C=O) groups is 1. The number of methoxy groups -OCH3 is 1. The van der Waals surface area contributed by atoms with Crippen molar-refractivity contribution in [2.75, 3.05) is 13.7 Å². The smallest absolute Gasteiger partial charge is 0.338 e. The minimum absolute atomic E-state index is 0.166.